The van der Waals surface area contributed by atoms with Gasteiger partial charge in [-0.3, -0.25) is 4.79 Å². The number of carbonyl (C=O) groups excluding carboxylic acids is 1. The van der Waals surface area contributed by atoms with Crippen molar-refractivity contribution < 1.29 is 14.1 Å². The molecule has 0 fully saturated rings. The van der Waals surface area contributed by atoms with E-state index in [1.54, 1.807) is 13.2 Å². The summed E-state index contributed by atoms with van der Waals surface area (Å²) < 4.78 is 11.1. The quantitative estimate of drug-likeness (QED) is 0.722. The number of methoxy groups -OCH3 is 1. The Morgan fingerprint density at radius 3 is 2.67 bits per heavy atom. The summed E-state index contributed by atoms with van der Waals surface area (Å²) in [6, 6.07) is 14.6. The van der Waals surface area contributed by atoms with Crippen molar-refractivity contribution in [2.45, 2.75) is 6.42 Å². The number of hydrogen-bond acceptors (Lipinski definition) is 5. The number of nitrogens with zero attached hydrogens (tertiary/aromatic N) is 2. The van der Waals surface area contributed by atoms with Gasteiger partial charge in [-0.1, -0.05) is 17.3 Å². The maximum atomic E-state index is 12.1. The molecule has 0 unspecified atom stereocenters. The van der Waals surface area contributed by atoms with Gasteiger partial charge in [0.2, 0.25) is 17.6 Å². The summed E-state index contributed by atoms with van der Waals surface area (Å²) in [5.74, 6) is 1.20. The van der Waals surface area contributed by atoms with Crippen LogP contribution in [0.3, 0.4) is 0 Å². The molecule has 7 heteroatoms. The van der Waals surface area contributed by atoms with Gasteiger partial charge in [0.15, 0.2) is 0 Å². The first-order valence-electron chi connectivity index (χ1n) is 7.17. The summed E-state index contributed by atoms with van der Waals surface area (Å²) in [6.07, 6.45) is 0.00445. The normalized spacial score (nSPS) is 10.4. The molecule has 6 nitrogen and oxygen atoms in total. The van der Waals surface area contributed by atoms with E-state index in [-0.39, 0.29) is 18.2 Å². The smallest absolute Gasteiger partial charge is 0.236 e. The molecule has 1 amide bonds. The van der Waals surface area contributed by atoms with E-state index >= 15 is 0 Å². The summed E-state index contributed by atoms with van der Waals surface area (Å²) in [7, 11) is 1.60. The lowest BCUT2D eigenvalue weighted by Crippen LogP contribution is -2.14. The molecular formula is C17H14BrN3O3. The third-order valence-electron chi connectivity index (χ3n) is 3.28. The molecule has 0 bridgehead atoms. The van der Waals surface area contributed by atoms with E-state index in [1.807, 2.05) is 42.5 Å². The van der Waals surface area contributed by atoms with Crippen LogP contribution in [0.2, 0.25) is 0 Å². The fourth-order valence-electron chi connectivity index (χ4n) is 2.08. The monoisotopic (exact) mass is 387 g/mol. The average molecular weight is 388 g/mol. The van der Waals surface area contributed by atoms with E-state index in [4.69, 9.17) is 9.26 Å². The fraction of sp³-hybridized carbons (Fsp3) is 0.118. The largest absolute Gasteiger partial charge is 0.497 e. The predicted octanol–water partition coefficient (Wildman–Crippen LogP) is 3.69. The highest BCUT2D eigenvalue weighted by Crippen LogP contribution is 2.22. The van der Waals surface area contributed by atoms with Crippen molar-refractivity contribution in [3.8, 4) is 17.1 Å². The second kappa shape index (κ2) is 7.27. The van der Waals surface area contributed by atoms with Crippen molar-refractivity contribution >= 4 is 27.5 Å². The predicted molar refractivity (Wildman–Crippen MR) is 92.8 cm³/mol. The molecule has 24 heavy (non-hydrogen) atoms. The highest BCUT2D eigenvalue weighted by atomic mass is 79.9. The Morgan fingerprint density at radius 1 is 1.21 bits per heavy atom. The van der Waals surface area contributed by atoms with Crippen LogP contribution in [0.25, 0.3) is 11.4 Å². The molecule has 0 saturated carbocycles. The Kier molecular flexibility index (Phi) is 4.90. The summed E-state index contributed by atoms with van der Waals surface area (Å²) in [5.41, 5.74) is 1.48. The standard InChI is InChI=1S/C17H14BrN3O3/c1-23-12-8-6-11(7-9-12)17-20-16(24-21-17)10-15(22)19-14-5-3-2-4-13(14)18/h2-9H,10H2,1H3,(H,19,22). The number of benzene rings is 2. The van der Waals surface area contributed by atoms with E-state index in [2.05, 4.69) is 31.4 Å². The molecule has 0 radical (unpaired) electrons. The number of anilines is 1. The molecule has 3 aromatic rings. The molecule has 122 valence electrons. The molecule has 0 aliphatic rings. The molecule has 3 rings (SSSR count). The molecule has 1 aromatic heterocycles. The number of aromatic nitrogens is 2. The van der Waals surface area contributed by atoms with Gasteiger partial charge in [0.05, 0.1) is 12.8 Å². The minimum Gasteiger partial charge on any atom is -0.497 e. The number of carbonyl (C=O) groups is 1. The Morgan fingerprint density at radius 2 is 1.96 bits per heavy atom. The minimum absolute atomic E-state index is 0.00445. The van der Waals surface area contributed by atoms with Gasteiger partial charge in [-0.15, -0.1) is 0 Å². The molecule has 0 saturated heterocycles. The minimum atomic E-state index is -0.230. The van der Waals surface area contributed by atoms with Crippen LogP contribution in [0.5, 0.6) is 5.75 Å². The Labute approximate surface area is 147 Å². The highest BCUT2D eigenvalue weighted by molar-refractivity contribution is 9.10. The first-order valence-corrected chi connectivity index (χ1v) is 7.96. The number of hydrogen-bond donors (Lipinski definition) is 1. The number of ether oxygens (including phenoxy) is 1. The van der Waals surface area contributed by atoms with E-state index in [9.17, 15) is 4.79 Å². The van der Waals surface area contributed by atoms with E-state index in [0.717, 1.165) is 15.8 Å². The molecular weight excluding hydrogens is 374 g/mol. The summed E-state index contributed by atoms with van der Waals surface area (Å²) in [4.78, 5) is 16.3. The zero-order valence-electron chi connectivity index (χ0n) is 12.8. The van der Waals surface area contributed by atoms with Crippen molar-refractivity contribution in [3.63, 3.8) is 0 Å². The van der Waals surface area contributed by atoms with Crippen molar-refractivity contribution in [2.24, 2.45) is 0 Å². The molecule has 0 atom stereocenters. The summed E-state index contributed by atoms with van der Waals surface area (Å²) >= 11 is 3.38. The van der Waals surface area contributed by atoms with Crippen LogP contribution >= 0.6 is 15.9 Å². The number of amides is 1. The van der Waals surface area contributed by atoms with Gasteiger partial charge in [-0.05, 0) is 52.3 Å². The van der Waals surface area contributed by atoms with E-state index < -0.39 is 0 Å². The van der Waals surface area contributed by atoms with E-state index in [0.29, 0.717) is 11.5 Å². The van der Waals surface area contributed by atoms with Gasteiger partial charge < -0.3 is 14.6 Å². The van der Waals surface area contributed by atoms with Crippen molar-refractivity contribution in [2.75, 3.05) is 12.4 Å². The van der Waals surface area contributed by atoms with Crippen LogP contribution < -0.4 is 10.1 Å². The second-order valence-corrected chi connectivity index (χ2v) is 5.80. The van der Waals surface area contributed by atoms with E-state index in [1.165, 1.54) is 0 Å². The van der Waals surface area contributed by atoms with Crippen LogP contribution in [-0.4, -0.2) is 23.2 Å². The number of halogens is 1. The van der Waals surface area contributed by atoms with Crippen LogP contribution in [0.15, 0.2) is 57.5 Å². The molecule has 1 heterocycles. The molecule has 0 aliphatic heterocycles. The van der Waals surface area contributed by atoms with Gasteiger partial charge in [0, 0.05) is 10.0 Å². The van der Waals surface area contributed by atoms with Crippen LogP contribution in [-0.2, 0) is 11.2 Å². The SMILES string of the molecule is COc1ccc(-c2noc(CC(=O)Nc3ccccc3Br)n2)cc1. The van der Waals surface area contributed by atoms with Crippen molar-refractivity contribution in [1.82, 2.24) is 10.1 Å². The highest BCUT2D eigenvalue weighted by Gasteiger charge is 2.13. The van der Waals surface area contributed by atoms with Gasteiger partial charge >= 0.3 is 0 Å². The zero-order valence-corrected chi connectivity index (χ0v) is 14.4. The molecule has 0 spiro atoms. The van der Waals surface area contributed by atoms with Crippen molar-refractivity contribution in [3.05, 3.63) is 58.9 Å². The van der Waals surface area contributed by atoms with Crippen LogP contribution in [0.1, 0.15) is 5.89 Å². The number of nitrogens with one attached hydrogen (secondary N) is 1. The third-order valence-corrected chi connectivity index (χ3v) is 3.97. The molecule has 1 N–H and O–H groups in total. The Bertz CT molecular complexity index is 846. The van der Waals surface area contributed by atoms with Crippen LogP contribution in [0, 0.1) is 0 Å². The number of para-hydroxylation sites is 1. The average Bonchev–Trinajstić information content (AvgIpc) is 3.05. The van der Waals surface area contributed by atoms with Crippen LogP contribution in [0.4, 0.5) is 5.69 Å². The maximum Gasteiger partial charge on any atom is 0.236 e. The zero-order chi connectivity index (χ0) is 16.9. The van der Waals surface area contributed by atoms with Gasteiger partial charge in [0.1, 0.15) is 12.2 Å². The summed E-state index contributed by atoms with van der Waals surface area (Å²) in [5, 5.41) is 6.70. The number of rotatable bonds is 5. The molecule has 2 aromatic carbocycles. The van der Waals surface area contributed by atoms with Crippen molar-refractivity contribution in [1.29, 1.82) is 0 Å². The van der Waals surface area contributed by atoms with Gasteiger partial charge in [-0.25, -0.2) is 0 Å². The summed E-state index contributed by atoms with van der Waals surface area (Å²) in [6.45, 7) is 0. The third kappa shape index (κ3) is 3.80. The lowest BCUT2D eigenvalue weighted by Gasteiger charge is -2.05. The molecule has 0 aliphatic carbocycles. The Balaban J connectivity index is 1.67. The lowest BCUT2D eigenvalue weighted by molar-refractivity contribution is -0.115. The topological polar surface area (TPSA) is 77.2 Å². The Hall–Kier alpha value is -2.67. The van der Waals surface area contributed by atoms with Gasteiger partial charge in [0.25, 0.3) is 0 Å². The first-order chi connectivity index (χ1) is 11.7. The fourth-order valence-corrected chi connectivity index (χ4v) is 2.46. The van der Waals surface area contributed by atoms with Gasteiger partial charge in [-0.2, -0.15) is 4.98 Å². The first kappa shape index (κ1) is 16.2. The second-order valence-electron chi connectivity index (χ2n) is 4.95. The lowest BCUT2D eigenvalue weighted by atomic mass is 10.2. The maximum absolute atomic E-state index is 12.1.